The van der Waals surface area contributed by atoms with Gasteiger partial charge in [0.05, 0.1) is 0 Å². The quantitative estimate of drug-likeness (QED) is 0.235. The number of carbonyl (C=O) groups is 2. The molecule has 2 amide bonds. The van der Waals surface area contributed by atoms with Crippen molar-refractivity contribution in [3.8, 4) is 0 Å². The number of carbonyl (C=O) groups excluding carboxylic acids is 2. The summed E-state index contributed by atoms with van der Waals surface area (Å²) in [5.74, 6) is 0.691. The number of nitrogens with one attached hydrogen (secondary N) is 3. The highest BCUT2D eigenvalue weighted by Gasteiger charge is 2.33. The molecular formula is C31H35N3O4. The van der Waals surface area contributed by atoms with Crippen molar-refractivity contribution in [2.45, 2.75) is 32.4 Å². The van der Waals surface area contributed by atoms with Crippen LogP contribution in [0.15, 0.2) is 102 Å². The van der Waals surface area contributed by atoms with Crippen LogP contribution in [0.4, 0.5) is 0 Å². The molecule has 7 heteroatoms. The molecule has 7 nitrogen and oxygen atoms in total. The monoisotopic (exact) mass is 513 g/mol. The first kappa shape index (κ1) is 28.2. The van der Waals surface area contributed by atoms with Gasteiger partial charge in [0, 0.05) is 42.6 Å². The molecule has 0 aliphatic carbocycles. The van der Waals surface area contributed by atoms with E-state index in [0.717, 1.165) is 33.2 Å². The van der Waals surface area contributed by atoms with Crippen molar-refractivity contribution in [3.05, 3.63) is 109 Å². The molecule has 0 aliphatic rings. The number of aromatic nitrogens is 1. The zero-order chi connectivity index (χ0) is 27.2. The Balaban J connectivity index is 0.000000185. The number of ether oxygens (including phenoxy) is 1. The highest BCUT2D eigenvalue weighted by Crippen LogP contribution is 2.22. The van der Waals surface area contributed by atoms with Gasteiger partial charge in [-0.05, 0) is 37.6 Å². The smallest absolute Gasteiger partial charge is 0.245 e. The van der Waals surface area contributed by atoms with Crippen LogP contribution in [0.3, 0.4) is 0 Å². The van der Waals surface area contributed by atoms with Crippen LogP contribution in [0.2, 0.25) is 0 Å². The average Bonchev–Trinajstić information content (AvgIpc) is 3.54. The third kappa shape index (κ3) is 7.82. The molecule has 5 rings (SSSR count). The van der Waals surface area contributed by atoms with Crippen LogP contribution in [0.25, 0.3) is 21.9 Å². The molecule has 2 aromatic heterocycles. The second-order valence-electron chi connectivity index (χ2n) is 8.83. The summed E-state index contributed by atoms with van der Waals surface area (Å²) in [5, 5.41) is 7.60. The normalized spacial score (nSPS) is 11.9. The Kier molecular flexibility index (Phi) is 10.7. The summed E-state index contributed by atoms with van der Waals surface area (Å²) in [5.41, 5.74) is 1.99. The summed E-state index contributed by atoms with van der Waals surface area (Å²) in [6.45, 7) is 4.65. The molecule has 0 unspecified atom stereocenters. The van der Waals surface area contributed by atoms with Crippen LogP contribution in [0.1, 0.15) is 25.2 Å². The lowest BCUT2D eigenvalue weighted by Gasteiger charge is -2.27. The summed E-state index contributed by atoms with van der Waals surface area (Å²) in [6, 6.07) is 29.8. The number of benzene rings is 3. The molecule has 0 bridgehead atoms. The standard InChI is InChI=1S/C15H19N3O2.C10H10O2.C6H6/c1-3-16-14(20)15(2,18-10-19)8-11-9-17-13-7-5-4-6-12(11)13;1-11-7-9-6-8-4-2-3-5-10(8)12-9;1-2-4-6-5-3-1/h4-7,9-10,17H,3,8H2,1-2H3,(H,16,20)(H,18,19);2-6H,7H2,1H3;1-6H/t15-;;/m1../s1. The molecule has 2 heterocycles. The molecule has 0 saturated heterocycles. The Bertz CT molecular complexity index is 1350. The maximum atomic E-state index is 12.2. The second-order valence-corrected chi connectivity index (χ2v) is 8.83. The van der Waals surface area contributed by atoms with Gasteiger partial charge in [-0.3, -0.25) is 9.59 Å². The van der Waals surface area contributed by atoms with E-state index in [2.05, 4.69) is 15.6 Å². The largest absolute Gasteiger partial charge is 0.459 e. The highest BCUT2D eigenvalue weighted by molar-refractivity contribution is 5.90. The first-order valence-corrected chi connectivity index (χ1v) is 12.5. The number of likely N-dealkylation sites (N-methyl/N-ethyl adjacent to an activating group) is 1. The summed E-state index contributed by atoms with van der Waals surface area (Å²) in [6.07, 6.45) is 2.89. The number of aromatic amines is 1. The molecule has 3 aromatic carbocycles. The number of hydrogen-bond donors (Lipinski definition) is 3. The zero-order valence-electron chi connectivity index (χ0n) is 22.1. The predicted molar refractivity (Wildman–Crippen MR) is 152 cm³/mol. The molecule has 0 radical (unpaired) electrons. The van der Waals surface area contributed by atoms with Crippen molar-refractivity contribution in [1.82, 2.24) is 15.6 Å². The number of methoxy groups -OCH3 is 1. The number of amides is 2. The van der Waals surface area contributed by atoms with Crippen molar-refractivity contribution in [2.24, 2.45) is 0 Å². The number of fused-ring (bicyclic) bond motifs is 2. The van der Waals surface area contributed by atoms with E-state index in [1.807, 2.05) is 104 Å². The minimum Gasteiger partial charge on any atom is -0.459 e. The van der Waals surface area contributed by atoms with Crippen molar-refractivity contribution in [3.63, 3.8) is 0 Å². The van der Waals surface area contributed by atoms with Crippen LogP contribution in [0.5, 0.6) is 0 Å². The van der Waals surface area contributed by atoms with Gasteiger partial charge in [0.25, 0.3) is 0 Å². The van der Waals surface area contributed by atoms with E-state index in [-0.39, 0.29) is 5.91 Å². The van der Waals surface area contributed by atoms with Gasteiger partial charge >= 0.3 is 0 Å². The molecule has 198 valence electrons. The third-order valence-corrected chi connectivity index (χ3v) is 5.86. The Morgan fingerprint density at radius 1 is 1.00 bits per heavy atom. The summed E-state index contributed by atoms with van der Waals surface area (Å²) < 4.78 is 10.4. The maximum Gasteiger partial charge on any atom is 0.245 e. The van der Waals surface area contributed by atoms with E-state index in [1.54, 1.807) is 14.0 Å². The number of para-hydroxylation sites is 2. The van der Waals surface area contributed by atoms with Gasteiger partial charge in [-0.15, -0.1) is 0 Å². The predicted octanol–water partition coefficient (Wildman–Crippen LogP) is 5.62. The number of hydrogen-bond acceptors (Lipinski definition) is 4. The van der Waals surface area contributed by atoms with Crippen LogP contribution in [0, 0.1) is 0 Å². The Morgan fingerprint density at radius 3 is 2.29 bits per heavy atom. The number of rotatable bonds is 8. The van der Waals surface area contributed by atoms with E-state index in [9.17, 15) is 9.59 Å². The second kappa shape index (κ2) is 14.4. The van der Waals surface area contributed by atoms with E-state index in [0.29, 0.717) is 26.0 Å². The fraction of sp³-hybridized carbons (Fsp3) is 0.226. The van der Waals surface area contributed by atoms with E-state index in [1.165, 1.54) is 0 Å². The molecule has 0 aliphatic heterocycles. The molecule has 0 fully saturated rings. The lowest BCUT2D eigenvalue weighted by Crippen LogP contribution is -2.55. The van der Waals surface area contributed by atoms with E-state index < -0.39 is 5.54 Å². The maximum absolute atomic E-state index is 12.2. The SMILES string of the molecule is CCNC(=O)[C@@](C)(Cc1c[nH]c2ccccc12)NC=O.COCc1cc2ccccc2o1.c1ccccc1. The Morgan fingerprint density at radius 2 is 1.66 bits per heavy atom. The minimum absolute atomic E-state index is 0.183. The Hall–Kier alpha value is -4.36. The van der Waals surface area contributed by atoms with Crippen LogP contribution < -0.4 is 10.6 Å². The Labute approximate surface area is 223 Å². The third-order valence-electron chi connectivity index (χ3n) is 5.86. The van der Waals surface area contributed by atoms with Crippen LogP contribution in [-0.2, 0) is 27.4 Å². The van der Waals surface area contributed by atoms with Gasteiger partial charge in [0.2, 0.25) is 12.3 Å². The van der Waals surface area contributed by atoms with Crippen LogP contribution in [-0.4, -0.2) is 36.5 Å². The molecule has 0 spiro atoms. The lowest BCUT2D eigenvalue weighted by atomic mass is 9.91. The molecular weight excluding hydrogens is 478 g/mol. The van der Waals surface area contributed by atoms with Gasteiger partial charge in [-0.2, -0.15) is 0 Å². The zero-order valence-corrected chi connectivity index (χ0v) is 22.1. The van der Waals surface area contributed by atoms with E-state index >= 15 is 0 Å². The molecule has 0 saturated carbocycles. The summed E-state index contributed by atoms with van der Waals surface area (Å²) in [7, 11) is 1.66. The molecule has 3 N–H and O–H groups in total. The van der Waals surface area contributed by atoms with Crippen LogP contribution >= 0.6 is 0 Å². The average molecular weight is 514 g/mol. The highest BCUT2D eigenvalue weighted by atomic mass is 16.5. The summed E-state index contributed by atoms with van der Waals surface area (Å²) in [4.78, 5) is 26.2. The molecule has 5 aromatic rings. The lowest BCUT2D eigenvalue weighted by molar-refractivity contribution is -0.129. The minimum atomic E-state index is -0.956. The van der Waals surface area contributed by atoms with Crippen molar-refractivity contribution in [1.29, 1.82) is 0 Å². The number of furan rings is 1. The van der Waals surface area contributed by atoms with Crippen molar-refractivity contribution in [2.75, 3.05) is 13.7 Å². The van der Waals surface area contributed by atoms with Gasteiger partial charge in [0.1, 0.15) is 23.5 Å². The van der Waals surface area contributed by atoms with Gasteiger partial charge < -0.3 is 24.8 Å². The molecule has 1 atom stereocenters. The summed E-state index contributed by atoms with van der Waals surface area (Å²) >= 11 is 0. The number of H-pyrrole nitrogens is 1. The fourth-order valence-electron chi connectivity index (χ4n) is 3.98. The molecule has 38 heavy (non-hydrogen) atoms. The van der Waals surface area contributed by atoms with Gasteiger partial charge in [-0.25, -0.2) is 0 Å². The van der Waals surface area contributed by atoms with Gasteiger partial charge in [0.15, 0.2) is 0 Å². The van der Waals surface area contributed by atoms with E-state index in [4.69, 9.17) is 9.15 Å². The van der Waals surface area contributed by atoms with Gasteiger partial charge in [-0.1, -0.05) is 72.8 Å². The fourth-order valence-corrected chi connectivity index (χ4v) is 3.98. The first-order valence-electron chi connectivity index (χ1n) is 12.5. The van der Waals surface area contributed by atoms with Crippen molar-refractivity contribution < 1.29 is 18.7 Å². The first-order chi connectivity index (χ1) is 18.5. The van der Waals surface area contributed by atoms with Crippen molar-refractivity contribution >= 4 is 34.2 Å². The topological polar surface area (TPSA) is 96.4 Å².